The van der Waals surface area contributed by atoms with E-state index in [1.54, 1.807) is 48.5 Å². The number of rotatable bonds is 18. The molecule has 0 aliphatic carbocycles. The second-order valence-corrected chi connectivity index (χ2v) is 16.1. The zero-order valence-electron chi connectivity index (χ0n) is 34.9. The van der Waals surface area contributed by atoms with Crippen molar-refractivity contribution in [2.24, 2.45) is 11.8 Å². The lowest BCUT2D eigenvalue weighted by atomic mass is 9.99. The second-order valence-electron chi connectivity index (χ2n) is 16.1. The highest BCUT2D eigenvalue weighted by molar-refractivity contribution is 5.97. The lowest BCUT2D eigenvalue weighted by molar-refractivity contribution is -0.143. The Morgan fingerprint density at radius 2 is 1.33 bits per heavy atom. The number of carbonyl (C=O) groups excluding carboxylic acids is 8. The molecular formula is C40H61N7O11. The van der Waals surface area contributed by atoms with E-state index in [1.807, 2.05) is 30.3 Å². The monoisotopic (exact) mass is 815 g/mol. The Labute approximate surface area is 340 Å². The molecule has 0 unspecified atom stereocenters. The van der Waals surface area contributed by atoms with Crippen LogP contribution in [0.1, 0.15) is 79.7 Å². The second kappa shape index (κ2) is 22.0. The number of amides is 7. The molecule has 5 atom stereocenters. The number of ether oxygens (including phenoxy) is 3. The highest BCUT2D eigenvalue weighted by atomic mass is 16.6. The van der Waals surface area contributed by atoms with Gasteiger partial charge in [-0.25, -0.2) is 4.79 Å². The number of hydrogen-bond acceptors (Lipinski definition) is 11. The molecule has 0 saturated carbocycles. The van der Waals surface area contributed by atoms with E-state index in [0.29, 0.717) is 32.2 Å². The molecular weight excluding hydrogens is 754 g/mol. The SMILES string of the molecule is COC(=O)CNC(=O)CNC(=O)[C@@H](NC(=O)[C@@H](NC(=O)[C@H](COCc1ccccc1)NC(=O)[C@@H]1CCCN1C(=O)[C@@H]1CCCN1C(=O)OC(C)(C)C)C(C)C)C(C)C. The predicted molar refractivity (Wildman–Crippen MR) is 210 cm³/mol. The molecule has 7 amide bonds. The lowest BCUT2D eigenvalue weighted by Crippen LogP contribution is -2.61. The molecule has 18 nitrogen and oxygen atoms in total. The van der Waals surface area contributed by atoms with Crippen molar-refractivity contribution in [1.82, 2.24) is 36.4 Å². The molecule has 2 heterocycles. The van der Waals surface area contributed by atoms with Crippen LogP contribution >= 0.6 is 0 Å². The molecule has 0 aromatic heterocycles. The molecule has 58 heavy (non-hydrogen) atoms. The van der Waals surface area contributed by atoms with Gasteiger partial charge in [-0.15, -0.1) is 0 Å². The van der Waals surface area contributed by atoms with Crippen LogP contribution in [0.3, 0.4) is 0 Å². The number of benzene rings is 1. The Kier molecular flexibility index (Phi) is 17.9. The van der Waals surface area contributed by atoms with Gasteiger partial charge in [0, 0.05) is 13.1 Å². The minimum absolute atomic E-state index is 0.122. The first-order valence-corrected chi connectivity index (χ1v) is 19.8. The van der Waals surface area contributed by atoms with Crippen LogP contribution in [0.15, 0.2) is 30.3 Å². The van der Waals surface area contributed by atoms with Gasteiger partial charge in [-0.3, -0.25) is 38.5 Å². The Bertz CT molecular complexity index is 1620. The van der Waals surface area contributed by atoms with E-state index in [9.17, 15) is 38.4 Å². The summed E-state index contributed by atoms with van der Waals surface area (Å²) in [7, 11) is 1.17. The average molecular weight is 816 g/mol. The van der Waals surface area contributed by atoms with E-state index in [0.717, 1.165) is 5.56 Å². The van der Waals surface area contributed by atoms with Gasteiger partial charge in [-0.1, -0.05) is 58.0 Å². The van der Waals surface area contributed by atoms with Crippen LogP contribution in [0.4, 0.5) is 4.79 Å². The summed E-state index contributed by atoms with van der Waals surface area (Å²) in [4.78, 5) is 108. The number of esters is 1. The molecule has 2 aliphatic rings. The van der Waals surface area contributed by atoms with Crippen molar-refractivity contribution in [2.45, 2.75) is 117 Å². The Morgan fingerprint density at radius 3 is 1.93 bits per heavy atom. The maximum absolute atomic E-state index is 14.0. The van der Waals surface area contributed by atoms with Crippen molar-refractivity contribution in [3.8, 4) is 0 Å². The fourth-order valence-electron chi connectivity index (χ4n) is 6.53. The van der Waals surface area contributed by atoms with E-state index < -0.39 is 95.8 Å². The van der Waals surface area contributed by atoms with E-state index in [4.69, 9.17) is 9.47 Å². The largest absolute Gasteiger partial charge is 0.468 e. The van der Waals surface area contributed by atoms with Crippen molar-refractivity contribution in [3.05, 3.63) is 35.9 Å². The van der Waals surface area contributed by atoms with E-state index >= 15 is 0 Å². The Balaban J connectivity index is 1.74. The van der Waals surface area contributed by atoms with Crippen molar-refractivity contribution in [1.29, 1.82) is 0 Å². The highest BCUT2D eigenvalue weighted by Crippen LogP contribution is 2.26. The van der Waals surface area contributed by atoms with Crippen molar-refractivity contribution in [3.63, 3.8) is 0 Å². The molecule has 0 radical (unpaired) electrons. The summed E-state index contributed by atoms with van der Waals surface area (Å²) in [5.41, 5.74) is 0.0697. The smallest absolute Gasteiger partial charge is 0.410 e. The molecule has 1 aromatic carbocycles. The number of nitrogens with one attached hydrogen (secondary N) is 5. The first-order valence-electron chi connectivity index (χ1n) is 19.8. The van der Waals surface area contributed by atoms with Crippen LogP contribution < -0.4 is 26.6 Å². The predicted octanol–water partition coefficient (Wildman–Crippen LogP) is 0.766. The van der Waals surface area contributed by atoms with Crippen LogP contribution in [0.5, 0.6) is 0 Å². The maximum atomic E-state index is 14.0. The summed E-state index contributed by atoms with van der Waals surface area (Å²) in [5, 5.41) is 12.9. The molecule has 5 N–H and O–H groups in total. The summed E-state index contributed by atoms with van der Waals surface area (Å²) in [5.74, 6) is -5.25. The van der Waals surface area contributed by atoms with E-state index in [-0.39, 0.29) is 32.2 Å². The number of hydrogen-bond donors (Lipinski definition) is 5. The van der Waals surface area contributed by atoms with Gasteiger partial charge >= 0.3 is 12.1 Å². The molecule has 2 saturated heterocycles. The molecule has 2 aliphatic heterocycles. The lowest BCUT2D eigenvalue weighted by Gasteiger charge is -2.33. The van der Waals surface area contributed by atoms with Crippen LogP contribution in [0.25, 0.3) is 0 Å². The van der Waals surface area contributed by atoms with Gasteiger partial charge in [-0.2, -0.15) is 0 Å². The molecule has 322 valence electrons. The minimum Gasteiger partial charge on any atom is -0.468 e. The third-order valence-electron chi connectivity index (χ3n) is 9.61. The molecule has 0 bridgehead atoms. The quantitative estimate of drug-likeness (QED) is 0.130. The summed E-state index contributed by atoms with van der Waals surface area (Å²) in [6.45, 7) is 11.7. The van der Waals surface area contributed by atoms with Gasteiger partial charge in [0.15, 0.2) is 0 Å². The zero-order chi connectivity index (χ0) is 43.2. The Morgan fingerprint density at radius 1 is 0.741 bits per heavy atom. The molecule has 0 spiro atoms. The highest BCUT2D eigenvalue weighted by Gasteiger charge is 2.44. The summed E-state index contributed by atoms with van der Waals surface area (Å²) in [6.07, 6.45) is 1.29. The van der Waals surface area contributed by atoms with Crippen LogP contribution in [-0.2, 0) is 54.4 Å². The third-order valence-corrected chi connectivity index (χ3v) is 9.61. The van der Waals surface area contributed by atoms with Gasteiger partial charge in [-0.05, 0) is 63.9 Å². The Hall–Kier alpha value is -5.26. The van der Waals surface area contributed by atoms with Crippen molar-refractivity contribution < 1.29 is 52.6 Å². The van der Waals surface area contributed by atoms with Crippen molar-refractivity contribution in [2.75, 3.05) is 39.9 Å². The maximum Gasteiger partial charge on any atom is 0.410 e. The number of carbonyl (C=O) groups is 8. The van der Waals surface area contributed by atoms with Crippen molar-refractivity contribution >= 4 is 47.5 Å². The molecule has 1 aromatic rings. The first-order chi connectivity index (χ1) is 27.3. The summed E-state index contributed by atoms with van der Waals surface area (Å²) < 4.78 is 15.9. The molecule has 18 heteroatoms. The summed E-state index contributed by atoms with van der Waals surface area (Å²) in [6, 6.07) is 3.94. The normalized spacial score (nSPS) is 18.2. The summed E-state index contributed by atoms with van der Waals surface area (Å²) >= 11 is 0. The number of nitrogens with zero attached hydrogens (tertiary/aromatic N) is 2. The third kappa shape index (κ3) is 14.3. The topological polar surface area (TPSA) is 231 Å². The van der Waals surface area contributed by atoms with E-state index in [2.05, 4.69) is 31.3 Å². The molecule has 3 rings (SSSR count). The molecule has 2 fully saturated rings. The average Bonchev–Trinajstić information content (AvgIpc) is 3.87. The van der Waals surface area contributed by atoms with Gasteiger partial charge in [0.2, 0.25) is 35.4 Å². The van der Waals surface area contributed by atoms with Crippen LogP contribution in [-0.4, -0.2) is 133 Å². The fraction of sp³-hybridized carbons (Fsp3) is 0.650. The van der Waals surface area contributed by atoms with Gasteiger partial charge in [0.25, 0.3) is 0 Å². The number of likely N-dealkylation sites (tertiary alicyclic amines) is 2. The standard InChI is InChI=1S/C40H61N7O11/c1-24(2)32(36(52)42-20-30(48)41-21-31(49)56-8)45-37(53)33(25(3)4)44-34(50)27(23-57-22-26-14-10-9-11-15-26)43-35(51)28-16-12-18-46(28)38(54)29-17-13-19-47(29)39(55)58-40(5,6)7/h9-11,14-15,24-25,27-29,32-33H,12-13,16-23H2,1-8H3,(H,41,48)(H,42,52)(H,43,51)(H,44,50)(H,45,53)/t27-,28-,29-,32-,33-/m0/s1. The first kappa shape index (κ1) is 47.1. The van der Waals surface area contributed by atoms with Crippen LogP contribution in [0, 0.1) is 11.8 Å². The fourth-order valence-corrected chi connectivity index (χ4v) is 6.53. The van der Waals surface area contributed by atoms with Crippen LogP contribution in [0.2, 0.25) is 0 Å². The zero-order valence-corrected chi connectivity index (χ0v) is 34.9. The van der Waals surface area contributed by atoms with E-state index in [1.165, 1.54) is 16.9 Å². The van der Waals surface area contributed by atoms with Gasteiger partial charge in [0.1, 0.15) is 42.4 Å². The van der Waals surface area contributed by atoms with Gasteiger partial charge < -0.3 is 45.7 Å². The van der Waals surface area contributed by atoms with Gasteiger partial charge in [0.05, 0.1) is 26.9 Å². The minimum atomic E-state index is -1.29. The number of methoxy groups -OCH3 is 1.